The molecule has 2 N–H and O–H groups in total. The van der Waals surface area contributed by atoms with Crippen LogP contribution in [0.15, 0.2) is 53.4 Å². The summed E-state index contributed by atoms with van der Waals surface area (Å²) >= 11 is 6.35. The lowest BCUT2D eigenvalue weighted by molar-refractivity contribution is -0.138. The zero-order valence-corrected chi connectivity index (χ0v) is 20.8. The molecule has 1 aliphatic rings. The van der Waals surface area contributed by atoms with Gasteiger partial charge in [-0.25, -0.2) is 13.1 Å². The van der Waals surface area contributed by atoms with Gasteiger partial charge < -0.3 is 9.72 Å². The van der Waals surface area contributed by atoms with Crippen LogP contribution in [0.2, 0.25) is 5.02 Å². The molecule has 0 radical (unpaired) electrons. The van der Waals surface area contributed by atoms with Gasteiger partial charge in [0.25, 0.3) is 6.47 Å². The molecular formula is C25H31ClN2O4S. The Balaban J connectivity index is 0.000000383. The van der Waals surface area contributed by atoms with E-state index in [9.17, 15) is 13.2 Å². The van der Waals surface area contributed by atoms with Crippen molar-refractivity contribution in [3.05, 3.63) is 53.6 Å². The maximum absolute atomic E-state index is 12.7. The molecule has 0 aliphatic heterocycles. The molecule has 1 heterocycles. The minimum absolute atomic E-state index is 0.0122. The Bertz CT molecular complexity index is 1160. The molecule has 0 unspecified atom stereocenters. The number of H-pyrrole nitrogens is 1. The molecule has 1 aliphatic carbocycles. The fourth-order valence-electron chi connectivity index (χ4n) is 3.76. The minimum atomic E-state index is -3.61. The number of hydrogen-bond donors (Lipinski definition) is 2. The number of carbonyl (C=O) groups excluding carboxylic acids is 1. The third-order valence-electron chi connectivity index (χ3n) is 5.39. The van der Waals surface area contributed by atoms with Crippen molar-refractivity contribution in [2.24, 2.45) is 0 Å². The number of fused-ring (bicyclic) bond motifs is 1. The van der Waals surface area contributed by atoms with E-state index in [-0.39, 0.29) is 21.6 Å². The molecule has 4 rings (SSSR count). The summed E-state index contributed by atoms with van der Waals surface area (Å²) in [7, 11) is -3.61. The lowest BCUT2D eigenvalue weighted by Crippen LogP contribution is -2.36. The van der Waals surface area contributed by atoms with Crippen molar-refractivity contribution in [3.8, 4) is 11.3 Å². The molecule has 178 valence electrons. The number of hydrogen-bond acceptors (Lipinski definition) is 4. The Morgan fingerprint density at radius 1 is 1.06 bits per heavy atom. The van der Waals surface area contributed by atoms with Gasteiger partial charge in [-0.05, 0) is 63.4 Å². The van der Waals surface area contributed by atoms with Crippen LogP contribution in [0.25, 0.3) is 22.2 Å². The average molecular weight is 491 g/mol. The highest BCUT2D eigenvalue weighted by Gasteiger charge is 2.24. The number of ether oxygens (including phenoxy) is 1. The lowest BCUT2D eigenvalue weighted by Gasteiger charge is -2.22. The maximum Gasteiger partial charge on any atom is 0.293 e. The molecule has 8 heteroatoms. The van der Waals surface area contributed by atoms with E-state index in [2.05, 4.69) is 14.4 Å². The number of sulfonamides is 1. The molecule has 0 amide bonds. The van der Waals surface area contributed by atoms with Crippen molar-refractivity contribution in [1.29, 1.82) is 0 Å². The number of halogens is 1. The summed E-state index contributed by atoms with van der Waals surface area (Å²) in [4.78, 5) is 13.1. The molecule has 0 saturated heterocycles. The summed E-state index contributed by atoms with van der Waals surface area (Å²) in [6.07, 6.45) is 5.10. The first-order valence-corrected chi connectivity index (χ1v) is 13.0. The number of aromatic nitrogens is 1. The first-order valence-electron chi connectivity index (χ1n) is 11.1. The number of benzene rings is 2. The van der Waals surface area contributed by atoms with Gasteiger partial charge in [-0.2, -0.15) is 0 Å². The first-order chi connectivity index (χ1) is 15.6. The molecule has 3 aromatic rings. The molecular weight excluding hydrogens is 460 g/mol. The van der Waals surface area contributed by atoms with Crippen molar-refractivity contribution >= 4 is 39.0 Å². The van der Waals surface area contributed by atoms with Gasteiger partial charge in [0.2, 0.25) is 10.0 Å². The van der Waals surface area contributed by atoms with Crippen LogP contribution in [0.5, 0.6) is 0 Å². The summed E-state index contributed by atoms with van der Waals surface area (Å²) in [5, 5.41) is 1.35. The van der Waals surface area contributed by atoms with Crippen molar-refractivity contribution in [1.82, 2.24) is 9.71 Å². The van der Waals surface area contributed by atoms with Crippen LogP contribution in [0.1, 0.15) is 52.9 Å². The summed E-state index contributed by atoms with van der Waals surface area (Å²) in [6, 6.07) is 15.1. The van der Waals surface area contributed by atoms with Crippen LogP contribution < -0.4 is 4.72 Å². The summed E-state index contributed by atoms with van der Waals surface area (Å²) in [5.41, 5.74) is 2.50. The minimum Gasteiger partial charge on any atom is -0.462 e. The zero-order chi connectivity index (χ0) is 24.1. The Hall–Kier alpha value is -2.35. The van der Waals surface area contributed by atoms with Gasteiger partial charge in [0.05, 0.1) is 5.02 Å². The van der Waals surface area contributed by atoms with E-state index in [1.807, 2.05) is 51.1 Å². The Morgan fingerprint density at radius 2 is 1.76 bits per heavy atom. The third kappa shape index (κ3) is 7.06. The quantitative estimate of drug-likeness (QED) is 0.425. The molecule has 0 spiro atoms. The van der Waals surface area contributed by atoms with Crippen molar-refractivity contribution < 1.29 is 17.9 Å². The molecule has 1 saturated carbocycles. The second kappa shape index (κ2) is 10.7. The second-order valence-corrected chi connectivity index (χ2v) is 11.3. The Labute approximate surface area is 200 Å². The van der Waals surface area contributed by atoms with E-state index < -0.39 is 10.0 Å². The Kier molecular flexibility index (Phi) is 8.21. The SMILES string of the molecule is CC(C)(C)OC=O.O=S(=O)(NC1CCCCC1)c1ccc(-c2cc3ccccc3[nH]2)cc1Cl. The largest absolute Gasteiger partial charge is 0.462 e. The van der Waals surface area contributed by atoms with Gasteiger partial charge in [0.1, 0.15) is 10.5 Å². The van der Waals surface area contributed by atoms with Crippen LogP contribution in [-0.2, 0) is 19.6 Å². The van der Waals surface area contributed by atoms with Gasteiger partial charge >= 0.3 is 0 Å². The van der Waals surface area contributed by atoms with E-state index >= 15 is 0 Å². The zero-order valence-electron chi connectivity index (χ0n) is 19.2. The predicted molar refractivity (Wildman–Crippen MR) is 133 cm³/mol. The van der Waals surface area contributed by atoms with E-state index in [4.69, 9.17) is 11.6 Å². The monoisotopic (exact) mass is 490 g/mol. The molecule has 6 nitrogen and oxygen atoms in total. The molecule has 1 aromatic heterocycles. The van der Waals surface area contributed by atoms with E-state index in [0.29, 0.717) is 6.47 Å². The predicted octanol–water partition coefficient (Wildman–Crippen LogP) is 6.06. The lowest BCUT2D eigenvalue weighted by atomic mass is 9.96. The standard InChI is InChI=1S/C20H21ClN2O2S.C5H10O2/c21-17-12-15(19-13-14-6-4-5-9-18(14)22-19)10-11-20(17)26(24,25)23-16-7-2-1-3-8-16;1-5(2,3)7-4-6/h4-6,9-13,16,22-23H,1-3,7-8H2;4H,1-3H3. The van der Waals surface area contributed by atoms with E-state index in [1.165, 1.54) is 6.42 Å². The van der Waals surface area contributed by atoms with E-state index in [0.717, 1.165) is 47.8 Å². The molecule has 1 fully saturated rings. The first kappa shape index (κ1) is 25.3. The topological polar surface area (TPSA) is 88.3 Å². The molecule has 2 aromatic carbocycles. The van der Waals surface area contributed by atoms with Crippen LogP contribution in [0.3, 0.4) is 0 Å². The second-order valence-electron chi connectivity index (χ2n) is 9.20. The number of carbonyl (C=O) groups is 1. The highest BCUT2D eigenvalue weighted by atomic mass is 35.5. The number of rotatable bonds is 5. The average Bonchev–Trinajstić information content (AvgIpc) is 3.18. The summed E-state index contributed by atoms with van der Waals surface area (Å²) < 4.78 is 32.8. The Morgan fingerprint density at radius 3 is 2.33 bits per heavy atom. The smallest absolute Gasteiger partial charge is 0.293 e. The van der Waals surface area contributed by atoms with Gasteiger partial charge in [-0.1, -0.05) is 55.1 Å². The number of aromatic amines is 1. The van der Waals surface area contributed by atoms with E-state index in [1.54, 1.807) is 18.2 Å². The number of para-hydroxylation sites is 1. The normalized spacial score (nSPS) is 15.0. The maximum atomic E-state index is 12.7. The molecule has 0 atom stereocenters. The number of nitrogens with one attached hydrogen (secondary N) is 2. The van der Waals surface area contributed by atoms with Gasteiger partial charge in [0, 0.05) is 22.6 Å². The van der Waals surface area contributed by atoms with Crippen LogP contribution in [-0.4, -0.2) is 31.5 Å². The molecule has 33 heavy (non-hydrogen) atoms. The van der Waals surface area contributed by atoms with Gasteiger partial charge in [-0.15, -0.1) is 0 Å². The van der Waals surface area contributed by atoms with Gasteiger partial charge in [0.15, 0.2) is 0 Å². The van der Waals surface area contributed by atoms with Crippen molar-refractivity contribution in [2.75, 3.05) is 0 Å². The van der Waals surface area contributed by atoms with Crippen molar-refractivity contribution in [2.45, 2.75) is 69.4 Å². The van der Waals surface area contributed by atoms with Crippen molar-refractivity contribution in [3.63, 3.8) is 0 Å². The fourth-order valence-corrected chi connectivity index (χ4v) is 5.61. The summed E-state index contributed by atoms with van der Waals surface area (Å²) in [5.74, 6) is 0. The molecule has 0 bridgehead atoms. The fraction of sp³-hybridized carbons (Fsp3) is 0.400. The summed E-state index contributed by atoms with van der Waals surface area (Å²) in [6.45, 7) is 5.92. The highest BCUT2D eigenvalue weighted by Crippen LogP contribution is 2.30. The van der Waals surface area contributed by atoms with Crippen LogP contribution in [0.4, 0.5) is 0 Å². The van der Waals surface area contributed by atoms with Crippen LogP contribution in [0, 0.1) is 0 Å². The third-order valence-corrected chi connectivity index (χ3v) is 7.39. The van der Waals surface area contributed by atoms with Crippen LogP contribution >= 0.6 is 11.6 Å². The van der Waals surface area contributed by atoms with Gasteiger partial charge in [-0.3, -0.25) is 4.79 Å². The highest BCUT2D eigenvalue weighted by molar-refractivity contribution is 7.89.